The first-order valence-corrected chi connectivity index (χ1v) is 6.59. The van der Waals surface area contributed by atoms with Gasteiger partial charge in [0.25, 0.3) is 0 Å². The van der Waals surface area contributed by atoms with Gasteiger partial charge in [0.2, 0.25) is 0 Å². The van der Waals surface area contributed by atoms with Crippen LogP contribution in [0.15, 0.2) is 16.8 Å². The Morgan fingerprint density at radius 1 is 1.33 bits per heavy atom. The van der Waals surface area contributed by atoms with Crippen LogP contribution < -0.4 is 5.32 Å². The number of ketones is 1. The third kappa shape index (κ3) is 1.74. The number of Topliss-reactive ketones (excluding diaryl/α,β-unsaturated/α-hetero) is 1. The number of carbonyl (C=O) groups is 1. The van der Waals surface area contributed by atoms with Crippen LogP contribution in [0.2, 0.25) is 0 Å². The molecular weight excluding hydrogens is 206 g/mol. The molecule has 1 aromatic heterocycles. The first kappa shape index (κ1) is 9.55. The normalized spacial score (nSPS) is 34.3. The number of hydrogen-bond acceptors (Lipinski definition) is 3. The minimum Gasteiger partial charge on any atom is -0.311 e. The Morgan fingerprint density at radius 3 is 2.67 bits per heavy atom. The highest BCUT2D eigenvalue weighted by molar-refractivity contribution is 7.08. The summed E-state index contributed by atoms with van der Waals surface area (Å²) in [5.74, 6) is 0.646. The van der Waals surface area contributed by atoms with E-state index in [9.17, 15) is 4.79 Å². The average molecular weight is 221 g/mol. The number of fused-ring (bicyclic) bond motifs is 2. The summed E-state index contributed by atoms with van der Waals surface area (Å²) in [4.78, 5) is 12.2. The van der Waals surface area contributed by atoms with Crippen molar-refractivity contribution in [2.45, 2.75) is 37.8 Å². The van der Waals surface area contributed by atoms with Gasteiger partial charge in [-0.15, -0.1) is 0 Å². The van der Waals surface area contributed by atoms with E-state index in [0.29, 0.717) is 17.9 Å². The molecule has 15 heavy (non-hydrogen) atoms. The maximum Gasteiger partial charge on any atom is 0.166 e. The van der Waals surface area contributed by atoms with Gasteiger partial charge in [0.1, 0.15) is 0 Å². The standard InChI is InChI=1S/C12H15NOS/c14-12(8-3-4-15-7-8)9-5-10-1-2-11(6-9)13-10/h3-4,7,9-11,13H,1-2,5-6H2/t9?,10-,11+. The topological polar surface area (TPSA) is 29.1 Å². The van der Waals surface area contributed by atoms with Crippen LogP contribution in [-0.2, 0) is 0 Å². The molecule has 3 heterocycles. The Kier molecular flexibility index (Phi) is 2.37. The Labute approximate surface area is 93.7 Å². The first-order valence-electron chi connectivity index (χ1n) is 5.65. The van der Waals surface area contributed by atoms with E-state index in [1.165, 1.54) is 12.8 Å². The molecule has 2 aliphatic heterocycles. The van der Waals surface area contributed by atoms with Crippen LogP contribution in [0.3, 0.4) is 0 Å². The van der Waals surface area contributed by atoms with Crippen LogP contribution in [0.4, 0.5) is 0 Å². The fraction of sp³-hybridized carbons (Fsp3) is 0.583. The predicted molar refractivity (Wildman–Crippen MR) is 61.3 cm³/mol. The molecule has 1 aromatic rings. The minimum absolute atomic E-state index is 0.276. The highest BCUT2D eigenvalue weighted by atomic mass is 32.1. The smallest absolute Gasteiger partial charge is 0.166 e. The lowest BCUT2D eigenvalue weighted by atomic mass is 9.87. The average Bonchev–Trinajstić information content (AvgIpc) is 2.87. The molecule has 2 fully saturated rings. The molecule has 0 radical (unpaired) electrons. The molecule has 2 bridgehead atoms. The van der Waals surface area contributed by atoms with Crippen LogP contribution in [0.25, 0.3) is 0 Å². The number of thiophene rings is 1. The maximum absolute atomic E-state index is 12.2. The van der Waals surface area contributed by atoms with Gasteiger partial charge in [-0.1, -0.05) is 0 Å². The Hall–Kier alpha value is -0.670. The van der Waals surface area contributed by atoms with E-state index in [1.54, 1.807) is 11.3 Å². The molecule has 0 saturated carbocycles. The van der Waals surface area contributed by atoms with E-state index in [4.69, 9.17) is 0 Å². The summed E-state index contributed by atoms with van der Waals surface area (Å²) in [5, 5.41) is 7.54. The summed E-state index contributed by atoms with van der Waals surface area (Å²) in [6.45, 7) is 0. The van der Waals surface area contributed by atoms with Gasteiger partial charge in [-0.05, 0) is 37.1 Å². The van der Waals surface area contributed by atoms with E-state index in [0.717, 1.165) is 18.4 Å². The van der Waals surface area contributed by atoms with Crippen molar-refractivity contribution in [2.24, 2.45) is 5.92 Å². The van der Waals surface area contributed by atoms with Crippen molar-refractivity contribution in [3.8, 4) is 0 Å². The second kappa shape index (κ2) is 3.72. The van der Waals surface area contributed by atoms with Crippen molar-refractivity contribution in [2.75, 3.05) is 0 Å². The number of rotatable bonds is 2. The molecule has 80 valence electrons. The van der Waals surface area contributed by atoms with Gasteiger partial charge in [0.05, 0.1) is 0 Å². The van der Waals surface area contributed by atoms with E-state index >= 15 is 0 Å². The molecule has 1 N–H and O–H groups in total. The van der Waals surface area contributed by atoms with Crippen molar-refractivity contribution in [1.82, 2.24) is 5.32 Å². The van der Waals surface area contributed by atoms with Gasteiger partial charge in [0, 0.05) is 28.9 Å². The Morgan fingerprint density at radius 2 is 2.07 bits per heavy atom. The zero-order valence-electron chi connectivity index (χ0n) is 8.61. The monoisotopic (exact) mass is 221 g/mol. The van der Waals surface area contributed by atoms with Crippen LogP contribution >= 0.6 is 11.3 Å². The zero-order valence-corrected chi connectivity index (χ0v) is 9.43. The SMILES string of the molecule is O=C(c1ccsc1)C1C[C@H]2CC[C@@H](C1)N2. The molecule has 3 heteroatoms. The lowest BCUT2D eigenvalue weighted by Crippen LogP contribution is -2.40. The highest BCUT2D eigenvalue weighted by Crippen LogP contribution is 2.33. The molecule has 2 saturated heterocycles. The number of carbonyl (C=O) groups excluding carboxylic acids is 1. The summed E-state index contributed by atoms with van der Waals surface area (Å²) >= 11 is 1.61. The Bertz CT molecular complexity index is 348. The fourth-order valence-electron chi connectivity index (χ4n) is 2.91. The molecule has 2 nitrogen and oxygen atoms in total. The summed E-state index contributed by atoms with van der Waals surface area (Å²) in [5.41, 5.74) is 0.923. The summed E-state index contributed by atoms with van der Waals surface area (Å²) < 4.78 is 0. The molecule has 0 aliphatic carbocycles. The van der Waals surface area contributed by atoms with Gasteiger partial charge in [-0.3, -0.25) is 4.79 Å². The second-order valence-corrected chi connectivity index (χ2v) is 5.46. The zero-order chi connectivity index (χ0) is 10.3. The summed E-state index contributed by atoms with van der Waals surface area (Å²) in [7, 11) is 0. The molecule has 3 rings (SSSR count). The van der Waals surface area contributed by atoms with Crippen LogP contribution in [0.1, 0.15) is 36.0 Å². The molecule has 0 aromatic carbocycles. The highest BCUT2D eigenvalue weighted by Gasteiger charge is 2.36. The molecule has 0 spiro atoms. The molecular formula is C12H15NOS. The minimum atomic E-state index is 0.276. The van der Waals surface area contributed by atoms with E-state index < -0.39 is 0 Å². The lowest BCUT2D eigenvalue weighted by Gasteiger charge is -2.27. The van der Waals surface area contributed by atoms with Crippen molar-refractivity contribution < 1.29 is 4.79 Å². The molecule has 0 amide bonds. The molecule has 3 atom stereocenters. The summed E-state index contributed by atoms with van der Waals surface area (Å²) in [6.07, 6.45) is 4.62. The molecule has 2 aliphatic rings. The van der Waals surface area contributed by atoms with Gasteiger partial charge in [-0.2, -0.15) is 11.3 Å². The fourth-order valence-corrected chi connectivity index (χ4v) is 3.56. The number of piperidine rings is 1. The van der Waals surface area contributed by atoms with E-state index in [1.807, 2.05) is 16.8 Å². The largest absolute Gasteiger partial charge is 0.311 e. The van der Waals surface area contributed by atoms with E-state index in [2.05, 4.69) is 5.32 Å². The van der Waals surface area contributed by atoms with Crippen LogP contribution in [-0.4, -0.2) is 17.9 Å². The van der Waals surface area contributed by atoms with Gasteiger partial charge in [0.15, 0.2) is 5.78 Å². The van der Waals surface area contributed by atoms with Crippen molar-refractivity contribution in [3.63, 3.8) is 0 Å². The van der Waals surface area contributed by atoms with Crippen molar-refractivity contribution >= 4 is 17.1 Å². The molecule has 1 unspecified atom stereocenters. The third-order valence-electron chi connectivity index (χ3n) is 3.65. The van der Waals surface area contributed by atoms with Crippen LogP contribution in [0, 0.1) is 5.92 Å². The maximum atomic E-state index is 12.2. The van der Waals surface area contributed by atoms with Gasteiger partial charge in [-0.25, -0.2) is 0 Å². The summed E-state index contributed by atoms with van der Waals surface area (Å²) in [6, 6.07) is 3.17. The Balaban J connectivity index is 1.75. The quantitative estimate of drug-likeness (QED) is 0.777. The van der Waals surface area contributed by atoms with Gasteiger partial charge < -0.3 is 5.32 Å². The predicted octanol–water partition coefficient (Wildman–Crippen LogP) is 2.46. The number of hydrogen-bond donors (Lipinski definition) is 1. The van der Waals surface area contributed by atoms with Gasteiger partial charge >= 0.3 is 0 Å². The lowest BCUT2D eigenvalue weighted by molar-refractivity contribution is 0.0876. The van der Waals surface area contributed by atoms with E-state index in [-0.39, 0.29) is 5.92 Å². The second-order valence-electron chi connectivity index (χ2n) is 4.68. The first-order chi connectivity index (χ1) is 7.33. The van der Waals surface area contributed by atoms with Crippen molar-refractivity contribution in [1.29, 1.82) is 0 Å². The number of nitrogens with one attached hydrogen (secondary N) is 1. The van der Waals surface area contributed by atoms with Crippen LogP contribution in [0.5, 0.6) is 0 Å². The third-order valence-corrected chi connectivity index (χ3v) is 4.33. The van der Waals surface area contributed by atoms with Crippen molar-refractivity contribution in [3.05, 3.63) is 22.4 Å².